The Kier molecular flexibility index (Phi) is 5.69. The number of fused-ring (bicyclic) bond motifs is 7. The first-order valence-corrected chi connectivity index (χ1v) is 16.9. The van der Waals surface area contributed by atoms with Gasteiger partial charge >= 0.3 is 223 Å². The van der Waals surface area contributed by atoms with Crippen LogP contribution >= 0.6 is 0 Å². The number of aliphatic hydroxyl groups excluding tert-OH is 1. The summed E-state index contributed by atoms with van der Waals surface area (Å²) in [5, 5.41) is 10.8. The van der Waals surface area contributed by atoms with E-state index in [0.717, 1.165) is 50.5 Å². The third-order valence-corrected chi connectivity index (χ3v) is 15.5. The Hall–Kier alpha value is -0.690. The van der Waals surface area contributed by atoms with Crippen LogP contribution in [0.3, 0.4) is 0 Å². The van der Waals surface area contributed by atoms with Gasteiger partial charge in [-0.25, -0.2) is 0 Å². The monoisotopic (exact) mass is 594 g/mol. The van der Waals surface area contributed by atoms with E-state index in [2.05, 4.69) is 46.5 Å². The first-order chi connectivity index (χ1) is 16.1. The number of aliphatic hydroxyl groups is 1. The molecule has 0 aliphatic heterocycles. The molecular formula is C30H45INO3-. The summed E-state index contributed by atoms with van der Waals surface area (Å²) < 4.78 is -0.499. The predicted octanol–water partition coefficient (Wildman–Crippen LogP) is 2.75. The van der Waals surface area contributed by atoms with Crippen LogP contribution < -0.4 is 26.9 Å². The van der Waals surface area contributed by atoms with Crippen molar-refractivity contribution >= 4 is 11.6 Å². The number of halogens is 1. The van der Waals surface area contributed by atoms with Gasteiger partial charge in [0.25, 0.3) is 0 Å². The van der Waals surface area contributed by atoms with Crippen molar-refractivity contribution < 1.29 is 35.9 Å². The second-order valence-electron chi connectivity index (χ2n) is 14.0. The van der Waals surface area contributed by atoms with Gasteiger partial charge in [0.05, 0.1) is 0 Å². The van der Waals surface area contributed by atoms with Crippen LogP contribution in [0.5, 0.6) is 0 Å². The van der Waals surface area contributed by atoms with Crippen molar-refractivity contribution in [2.24, 2.45) is 45.1 Å². The van der Waals surface area contributed by atoms with Gasteiger partial charge in [0, 0.05) is 0 Å². The van der Waals surface area contributed by atoms with Crippen LogP contribution in [-0.4, -0.2) is 30.6 Å². The van der Waals surface area contributed by atoms with Gasteiger partial charge in [-0.1, -0.05) is 0 Å². The topological polar surface area (TPSA) is 80.4 Å². The van der Waals surface area contributed by atoms with Crippen LogP contribution in [0.4, 0.5) is 0 Å². The molecule has 0 spiro atoms. The minimum atomic E-state index is -0.499. The van der Waals surface area contributed by atoms with E-state index in [-0.39, 0.29) is 51.3 Å². The maximum absolute atomic E-state index is 14.2. The van der Waals surface area contributed by atoms with Crippen LogP contribution in [0.1, 0.15) is 92.9 Å². The van der Waals surface area contributed by atoms with Gasteiger partial charge in [0.1, 0.15) is 0 Å². The summed E-state index contributed by atoms with van der Waals surface area (Å²) in [5.41, 5.74) is 7.81. The fraction of sp³-hybridized carbons (Fsp3) is 0.800. The molecule has 196 valence electrons. The molecule has 5 heteroatoms. The summed E-state index contributed by atoms with van der Waals surface area (Å²) in [6, 6.07) is 0. The van der Waals surface area contributed by atoms with E-state index in [1.165, 1.54) is 6.42 Å². The van der Waals surface area contributed by atoms with E-state index in [1.54, 1.807) is 0 Å². The molecule has 0 aromatic heterocycles. The van der Waals surface area contributed by atoms with Crippen LogP contribution in [0, 0.1) is 39.4 Å². The quantitative estimate of drug-likeness (QED) is 0.381. The van der Waals surface area contributed by atoms with Gasteiger partial charge in [-0.2, -0.15) is 0 Å². The van der Waals surface area contributed by atoms with E-state index in [4.69, 9.17) is 5.73 Å². The number of ketones is 2. The summed E-state index contributed by atoms with van der Waals surface area (Å²) in [6.07, 6.45) is 12.1. The normalized spacial score (nSPS) is 50.9. The molecule has 0 radical (unpaired) electrons. The van der Waals surface area contributed by atoms with Crippen molar-refractivity contribution in [3.05, 3.63) is 23.5 Å². The molecule has 3 N–H and O–H groups in total. The second-order valence-corrected chi connectivity index (χ2v) is 17.3. The summed E-state index contributed by atoms with van der Waals surface area (Å²) in [6.45, 7) is 13.6. The van der Waals surface area contributed by atoms with E-state index in [1.807, 2.05) is 12.2 Å². The number of hydrogen-bond donors (Lipinski definition) is 2. The number of hydrogen-bond acceptors (Lipinski definition) is 4. The van der Waals surface area contributed by atoms with Gasteiger partial charge in [-0.3, -0.25) is 0 Å². The van der Waals surface area contributed by atoms with E-state index in [9.17, 15) is 14.7 Å². The molecule has 0 aromatic rings. The molecule has 0 saturated heterocycles. The molecule has 3 saturated carbocycles. The second kappa shape index (κ2) is 7.68. The zero-order chi connectivity index (χ0) is 25.8. The van der Waals surface area contributed by atoms with Crippen molar-refractivity contribution in [1.29, 1.82) is 0 Å². The number of nitrogens with two attached hydrogens (primary N) is 1. The first kappa shape index (κ1) is 25.9. The average molecular weight is 595 g/mol. The summed E-state index contributed by atoms with van der Waals surface area (Å²) >= 11 is -0.435. The molecule has 0 bridgehead atoms. The Morgan fingerprint density at radius 2 is 1.74 bits per heavy atom. The van der Waals surface area contributed by atoms with Gasteiger partial charge in [-0.15, -0.1) is 0 Å². The van der Waals surface area contributed by atoms with Crippen molar-refractivity contribution in [1.82, 2.24) is 0 Å². The van der Waals surface area contributed by atoms with E-state index >= 15 is 0 Å². The predicted molar refractivity (Wildman–Crippen MR) is 136 cm³/mol. The van der Waals surface area contributed by atoms with Crippen molar-refractivity contribution in [3.8, 4) is 0 Å². The Morgan fingerprint density at radius 3 is 2.37 bits per heavy atom. The zero-order valence-electron chi connectivity index (χ0n) is 22.8. The number of allylic oxidation sites excluding steroid dienone is 4. The van der Waals surface area contributed by atoms with Gasteiger partial charge < -0.3 is 0 Å². The van der Waals surface area contributed by atoms with Crippen LogP contribution in [0.2, 0.25) is 0 Å². The molecule has 4 nitrogen and oxygen atoms in total. The molecule has 0 amide bonds. The third kappa shape index (κ3) is 3.12. The number of alkyl halides is 2. The van der Waals surface area contributed by atoms with Gasteiger partial charge in [0.2, 0.25) is 0 Å². The number of carbonyl (C=O) groups is 2. The van der Waals surface area contributed by atoms with Gasteiger partial charge in [-0.05, 0) is 0 Å². The fourth-order valence-electron chi connectivity index (χ4n) is 10.1. The Labute approximate surface area is 222 Å². The molecule has 35 heavy (non-hydrogen) atoms. The summed E-state index contributed by atoms with van der Waals surface area (Å²) in [4.78, 5) is 29.6. The van der Waals surface area contributed by atoms with Crippen molar-refractivity contribution in [2.75, 3.05) is 4.93 Å². The minimum absolute atomic E-state index is 0.0444. The zero-order valence-corrected chi connectivity index (χ0v) is 24.9. The number of rotatable bonds is 2. The number of Topliss-reactive ketones (excluding diaryl/α,β-unsaturated/α-hetero) is 1. The fourth-order valence-corrected chi connectivity index (χ4v) is 12.5. The average Bonchev–Trinajstić information content (AvgIpc) is 2.77. The molecule has 5 rings (SSSR count). The summed E-state index contributed by atoms with van der Waals surface area (Å²) in [5.74, 6) is 0.249. The molecule has 3 fully saturated rings. The van der Waals surface area contributed by atoms with E-state index in [0.29, 0.717) is 0 Å². The molecular weight excluding hydrogens is 549 g/mol. The third-order valence-electron chi connectivity index (χ3n) is 12.1. The van der Waals surface area contributed by atoms with Crippen LogP contribution in [0.15, 0.2) is 23.5 Å². The number of carbonyl (C=O) groups excluding carboxylic acids is 2. The van der Waals surface area contributed by atoms with Gasteiger partial charge in [0.15, 0.2) is 0 Å². The SMILES string of the molecule is CCC12CCC3C(C(=O)C=C4C5(C)C=C(O)C(=O)C(C)([I-]C)C5CCC43C)C1(N)CC(C)(C)CC2. The molecule has 5 aliphatic carbocycles. The van der Waals surface area contributed by atoms with Crippen LogP contribution in [-0.2, 0) is 9.59 Å². The maximum atomic E-state index is 14.2. The Balaban J connectivity index is 1.67. The van der Waals surface area contributed by atoms with E-state index < -0.39 is 35.6 Å². The van der Waals surface area contributed by atoms with Crippen LogP contribution in [0.25, 0.3) is 0 Å². The molecule has 8 atom stereocenters. The van der Waals surface area contributed by atoms with Crippen molar-refractivity contribution in [2.45, 2.75) is 102 Å². The molecule has 0 aromatic carbocycles. The van der Waals surface area contributed by atoms with Crippen molar-refractivity contribution in [3.63, 3.8) is 0 Å². The molecule has 0 heterocycles. The Bertz CT molecular complexity index is 1050. The Morgan fingerprint density at radius 1 is 1.06 bits per heavy atom. The molecule has 8 unspecified atom stereocenters. The summed E-state index contributed by atoms with van der Waals surface area (Å²) in [7, 11) is 0. The first-order valence-electron chi connectivity index (χ1n) is 13.7. The molecule has 5 aliphatic rings. The standard InChI is InChI=1S/C30H45INO3/c1-8-29-12-9-18-23(30(29,32)17-25(2,3)13-14-29)19(33)15-22-26(18,4)11-10-21-27(22,5)16-20(34)24(35)28(21,6)31-7/h15-16,18,21,23,34H,8-14,17,32H2,1-7H3/q-1.